The van der Waals surface area contributed by atoms with Crippen molar-refractivity contribution >= 4 is 11.8 Å². The number of benzene rings is 1. The van der Waals surface area contributed by atoms with Gasteiger partial charge in [0, 0.05) is 25.5 Å². The molecule has 6 nitrogen and oxygen atoms in total. The number of hydrogen-bond acceptors (Lipinski definition) is 3. The molecule has 5 rings (SSSR count). The Labute approximate surface area is 169 Å². The number of carbonyl (C=O) groups is 2. The molecule has 0 N–H and O–H groups in total. The van der Waals surface area contributed by atoms with Gasteiger partial charge in [-0.2, -0.15) is 0 Å². The summed E-state index contributed by atoms with van der Waals surface area (Å²) in [5, 5.41) is 0. The lowest BCUT2D eigenvalue weighted by Crippen LogP contribution is -2.50. The molecule has 2 amide bonds. The van der Waals surface area contributed by atoms with E-state index in [0.29, 0.717) is 31.7 Å². The molecular formula is C23H22N4O2. The maximum absolute atomic E-state index is 13.2. The van der Waals surface area contributed by atoms with E-state index < -0.39 is 0 Å². The number of rotatable bonds is 4. The molecule has 2 aliphatic rings. The highest BCUT2D eigenvalue weighted by molar-refractivity contribution is 5.94. The number of fused-ring (bicyclic) bond motifs is 3. The number of pyridine rings is 1. The first-order chi connectivity index (χ1) is 14.2. The summed E-state index contributed by atoms with van der Waals surface area (Å²) in [6.07, 6.45) is 4.08. The molecule has 29 heavy (non-hydrogen) atoms. The van der Waals surface area contributed by atoms with Gasteiger partial charge in [-0.15, -0.1) is 0 Å². The van der Waals surface area contributed by atoms with Crippen LogP contribution in [0.3, 0.4) is 0 Å². The normalized spacial score (nSPS) is 20.5. The van der Waals surface area contributed by atoms with Crippen molar-refractivity contribution in [3.63, 3.8) is 0 Å². The molecule has 2 aromatic heterocycles. The van der Waals surface area contributed by atoms with Crippen LogP contribution in [0.25, 0.3) is 0 Å². The van der Waals surface area contributed by atoms with Gasteiger partial charge in [-0.3, -0.25) is 14.6 Å². The quantitative estimate of drug-likeness (QED) is 0.692. The summed E-state index contributed by atoms with van der Waals surface area (Å²) in [7, 11) is 0. The van der Waals surface area contributed by atoms with E-state index in [-0.39, 0.29) is 23.9 Å². The molecule has 1 saturated heterocycles. The van der Waals surface area contributed by atoms with Gasteiger partial charge < -0.3 is 14.4 Å². The van der Waals surface area contributed by atoms with E-state index in [1.807, 2.05) is 81.2 Å². The minimum atomic E-state index is -0.0517. The number of likely N-dealkylation sites (tertiary alicyclic amines) is 1. The first kappa shape index (κ1) is 17.7. The summed E-state index contributed by atoms with van der Waals surface area (Å²) < 4.78 is 2.04. The Balaban J connectivity index is 1.41. The summed E-state index contributed by atoms with van der Waals surface area (Å²) in [4.78, 5) is 34.3. The largest absolute Gasteiger partial charge is 0.338 e. The predicted molar refractivity (Wildman–Crippen MR) is 108 cm³/mol. The zero-order valence-electron chi connectivity index (χ0n) is 16.0. The molecule has 2 atom stereocenters. The third kappa shape index (κ3) is 3.20. The Bertz CT molecular complexity index is 1030. The van der Waals surface area contributed by atoms with Crippen LogP contribution in [0.2, 0.25) is 0 Å². The molecule has 2 aliphatic heterocycles. The van der Waals surface area contributed by atoms with Gasteiger partial charge in [-0.05, 0) is 29.8 Å². The van der Waals surface area contributed by atoms with Crippen molar-refractivity contribution in [2.45, 2.75) is 25.0 Å². The number of hydrogen-bond donors (Lipinski definition) is 0. The Kier molecular flexibility index (Phi) is 4.39. The van der Waals surface area contributed by atoms with Gasteiger partial charge in [0.25, 0.3) is 5.91 Å². The maximum atomic E-state index is 13.2. The van der Waals surface area contributed by atoms with Crippen molar-refractivity contribution in [2.75, 3.05) is 13.1 Å². The van der Waals surface area contributed by atoms with Gasteiger partial charge in [-0.1, -0.05) is 36.4 Å². The Morgan fingerprint density at radius 3 is 2.55 bits per heavy atom. The molecule has 146 valence electrons. The van der Waals surface area contributed by atoms with E-state index in [4.69, 9.17) is 0 Å². The molecule has 0 saturated carbocycles. The average molecular weight is 386 g/mol. The molecule has 1 aromatic carbocycles. The van der Waals surface area contributed by atoms with Gasteiger partial charge in [0.1, 0.15) is 5.69 Å². The molecule has 0 aliphatic carbocycles. The highest BCUT2D eigenvalue weighted by atomic mass is 16.2. The van der Waals surface area contributed by atoms with Crippen LogP contribution in [-0.4, -0.2) is 50.3 Å². The molecular weight excluding hydrogens is 364 g/mol. The monoisotopic (exact) mass is 386 g/mol. The Morgan fingerprint density at radius 2 is 1.76 bits per heavy atom. The van der Waals surface area contributed by atoms with Crippen LogP contribution in [0.15, 0.2) is 73.1 Å². The van der Waals surface area contributed by atoms with Crippen molar-refractivity contribution in [2.24, 2.45) is 0 Å². The molecule has 4 heterocycles. The summed E-state index contributed by atoms with van der Waals surface area (Å²) in [6, 6.07) is 19.3. The number of nitrogens with zero attached hydrogens (tertiary/aromatic N) is 4. The van der Waals surface area contributed by atoms with Crippen LogP contribution in [-0.2, 0) is 17.8 Å². The smallest absolute Gasteiger partial charge is 0.271 e. The van der Waals surface area contributed by atoms with Crippen LogP contribution in [0.4, 0.5) is 0 Å². The first-order valence-electron chi connectivity index (χ1n) is 9.90. The van der Waals surface area contributed by atoms with E-state index >= 15 is 0 Å². The molecule has 2 unspecified atom stereocenters. The van der Waals surface area contributed by atoms with Gasteiger partial charge >= 0.3 is 0 Å². The third-order valence-electron chi connectivity index (χ3n) is 5.88. The molecule has 0 bridgehead atoms. The van der Waals surface area contributed by atoms with E-state index in [9.17, 15) is 9.59 Å². The Morgan fingerprint density at radius 1 is 0.966 bits per heavy atom. The van der Waals surface area contributed by atoms with Crippen LogP contribution in [0.1, 0.15) is 27.8 Å². The highest BCUT2D eigenvalue weighted by Crippen LogP contribution is 2.34. The Hall–Kier alpha value is -3.41. The zero-order chi connectivity index (χ0) is 19.8. The SMILES string of the molecule is O=C(Cc1ccccc1)N1CC2C(C1)n1cccc1C(=O)N2Cc1ccccn1. The minimum absolute atomic E-state index is 0.000684. The van der Waals surface area contributed by atoms with Crippen LogP contribution >= 0.6 is 0 Å². The van der Waals surface area contributed by atoms with Crippen LogP contribution in [0, 0.1) is 0 Å². The summed E-state index contributed by atoms with van der Waals surface area (Å²) >= 11 is 0. The molecule has 0 radical (unpaired) electrons. The molecule has 3 aromatic rings. The lowest BCUT2D eigenvalue weighted by atomic mass is 10.1. The first-order valence-corrected chi connectivity index (χ1v) is 9.90. The van der Waals surface area contributed by atoms with Crippen molar-refractivity contribution in [3.05, 3.63) is 90.0 Å². The third-order valence-corrected chi connectivity index (χ3v) is 5.88. The van der Waals surface area contributed by atoms with Crippen molar-refractivity contribution in [3.8, 4) is 0 Å². The van der Waals surface area contributed by atoms with Gasteiger partial charge in [0.15, 0.2) is 0 Å². The number of aromatic nitrogens is 2. The zero-order valence-corrected chi connectivity index (χ0v) is 16.0. The number of carbonyl (C=O) groups excluding carboxylic acids is 2. The number of amides is 2. The van der Waals surface area contributed by atoms with Crippen LogP contribution in [0.5, 0.6) is 0 Å². The summed E-state index contributed by atoms with van der Waals surface area (Å²) in [5.41, 5.74) is 2.55. The van der Waals surface area contributed by atoms with E-state index in [1.54, 1.807) is 6.20 Å². The lowest BCUT2D eigenvalue weighted by molar-refractivity contribution is -0.129. The fourth-order valence-electron chi connectivity index (χ4n) is 4.45. The van der Waals surface area contributed by atoms with E-state index in [1.165, 1.54) is 0 Å². The van der Waals surface area contributed by atoms with Gasteiger partial charge in [0.2, 0.25) is 5.91 Å². The van der Waals surface area contributed by atoms with E-state index in [2.05, 4.69) is 4.98 Å². The maximum Gasteiger partial charge on any atom is 0.271 e. The standard InChI is InChI=1S/C23H22N4O2/c28-22(13-17-7-2-1-3-8-17)25-15-20-21(16-25)27(14-18-9-4-5-11-24-18)23(29)19-10-6-12-26(19)20/h1-12,20-21H,13-16H2. The minimum Gasteiger partial charge on any atom is -0.338 e. The fourth-order valence-corrected chi connectivity index (χ4v) is 4.45. The predicted octanol–water partition coefficient (Wildman–Crippen LogP) is 2.53. The topological polar surface area (TPSA) is 58.4 Å². The fraction of sp³-hybridized carbons (Fsp3) is 0.261. The van der Waals surface area contributed by atoms with Gasteiger partial charge in [0.05, 0.1) is 30.7 Å². The molecule has 1 fully saturated rings. The van der Waals surface area contributed by atoms with Crippen molar-refractivity contribution in [1.82, 2.24) is 19.4 Å². The van der Waals surface area contributed by atoms with Gasteiger partial charge in [-0.25, -0.2) is 0 Å². The second kappa shape index (κ2) is 7.20. The van der Waals surface area contributed by atoms with E-state index in [0.717, 1.165) is 11.3 Å². The second-order valence-electron chi connectivity index (χ2n) is 7.65. The van der Waals surface area contributed by atoms with Crippen molar-refractivity contribution in [1.29, 1.82) is 0 Å². The highest BCUT2D eigenvalue weighted by Gasteiger charge is 2.46. The summed E-state index contributed by atoms with van der Waals surface area (Å²) in [6.45, 7) is 1.61. The second-order valence-corrected chi connectivity index (χ2v) is 7.65. The van der Waals surface area contributed by atoms with Crippen molar-refractivity contribution < 1.29 is 9.59 Å². The summed E-state index contributed by atoms with van der Waals surface area (Å²) in [5.74, 6) is 0.101. The molecule has 0 spiro atoms. The lowest BCUT2D eigenvalue weighted by Gasteiger charge is -2.37. The average Bonchev–Trinajstić information content (AvgIpc) is 3.40. The molecule has 6 heteroatoms. The van der Waals surface area contributed by atoms with Crippen LogP contribution < -0.4 is 0 Å².